The van der Waals surface area contributed by atoms with Crippen LogP contribution in [0.3, 0.4) is 0 Å². The number of oxazole rings is 1. The standard InChI is InChI=1S/C51H33N3O/c1-4-13-34(14-5-1)35-25-29-40(30-26-35)53(47-22-12-20-43-42-19-10-11-21-46(42)54(49(43)47)39-17-8-3-9-18-39)41-31-27-36-23-24-37-28-32-45-50(48(37)44(36)33-41)55-51(52-45)38-15-6-2-7-16-38/h1-33H. The maximum absolute atomic E-state index is 6.63. The minimum Gasteiger partial charge on any atom is -0.435 e. The highest BCUT2D eigenvalue weighted by Gasteiger charge is 2.22. The molecular weight excluding hydrogens is 671 g/mol. The third-order valence-electron chi connectivity index (χ3n) is 10.8. The molecule has 4 nitrogen and oxygen atoms in total. The third-order valence-corrected chi connectivity index (χ3v) is 10.8. The van der Waals surface area contributed by atoms with Crippen LogP contribution in [-0.4, -0.2) is 9.55 Å². The van der Waals surface area contributed by atoms with E-state index in [1.54, 1.807) is 0 Å². The molecule has 55 heavy (non-hydrogen) atoms. The molecule has 2 aromatic heterocycles. The lowest BCUT2D eigenvalue weighted by Crippen LogP contribution is -2.11. The van der Waals surface area contributed by atoms with Gasteiger partial charge in [0.05, 0.1) is 16.7 Å². The SMILES string of the molecule is c1ccc(-c2ccc(N(c3ccc4ccc5ccc6nc(-c7ccccc7)oc6c5c4c3)c3cccc4c5ccccc5n(-c5ccccc5)c34)cc2)cc1. The number of hydrogen-bond donors (Lipinski definition) is 0. The van der Waals surface area contributed by atoms with Crippen LogP contribution in [0.15, 0.2) is 205 Å². The average molecular weight is 704 g/mol. The van der Waals surface area contributed by atoms with Crippen LogP contribution in [0.25, 0.3) is 82.7 Å². The second-order valence-corrected chi connectivity index (χ2v) is 14.0. The summed E-state index contributed by atoms with van der Waals surface area (Å²) in [6, 6.07) is 71.1. The number of benzene rings is 9. The van der Waals surface area contributed by atoms with E-state index in [0.717, 1.165) is 66.5 Å². The molecule has 0 spiro atoms. The molecular formula is C51H33N3O. The second-order valence-electron chi connectivity index (χ2n) is 14.0. The second kappa shape index (κ2) is 12.6. The normalized spacial score (nSPS) is 11.6. The zero-order valence-electron chi connectivity index (χ0n) is 29.8. The fraction of sp³-hybridized carbons (Fsp3) is 0. The Kier molecular flexibility index (Phi) is 7.14. The molecule has 0 amide bonds. The van der Waals surface area contributed by atoms with Gasteiger partial charge in [0, 0.05) is 38.8 Å². The highest BCUT2D eigenvalue weighted by molar-refractivity contribution is 6.19. The largest absolute Gasteiger partial charge is 0.435 e. The van der Waals surface area contributed by atoms with Gasteiger partial charge in [0.2, 0.25) is 5.89 Å². The molecule has 9 aromatic carbocycles. The summed E-state index contributed by atoms with van der Waals surface area (Å²) < 4.78 is 9.04. The zero-order valence-corrected chi connectivity index (χ0v) is 29.8. The number of rotatable bonds is 6. The van der Waals surface area contributed by atoms with Crippen LogP contribution < -0.4 is 4.90 Å². The fourth-order valence-electron chi connectivity index (χ4n) is 8.24. The third kappa shape index (κ3) is 5.11. The van der Waals surface area contributed by atoms with Crippen molar-refractivity contribution in [3.05, 3.63) is 200 Å². The van der Waals surface area contributed by atoms with Crippen molar-refractivity contribution >= 4 is 71.5 Å². The molecule has 2 heterocycles. The van der Waals surface area contributed by atoms with E-state index in [-0.39, 0.29) is 0 Å². The molecule has 0 fully saturated rings. The summed E-state index contributed by atoms with van der Waals surface area (Å²) >= 11 is 0. The van der Waals surface area contributed by atoms with Gasteiger partial charge in [-0.15, -0.1) is 0 Å². The van der Waals surface area contributed by atoms with E-state index < -0.39 is 0 Å². The van der Waals surface area contributed by atoms with Crippen LogP contribution in [0.1, 0.15) is 0 Å². The fourth-order valence-corrected chi connectivity index (χ4v) is 8.24. The summed E-state index contributed by atoms with van der Waals surface area (Å²) in [4.78, 5) is 7.35. The first-order chi connectivity index (χ1) is 27.3. The Hall–Kier alpha value is -7.43. The quantitative estimate of drug-likeness (QED) is 0.162. The lowest BCUT2D eigenvalue weighted by Gasteiger charge is -2.28. The number of hydrogen-bond acceptors (Lipinski definition) is 3. The minimum absolute atomic E-state index is 0.622. The molecule has 11 aromatic rings. The van der Waals surface area contributed by atoms with Gasteiger partial charge in [0.15, 0.2) is 5.58 Å². The highest BCUT2D eigenvalue weighted by Crippen LogP contribution is 2.45. The summed E-state index contributed by atoms with van der Waals surface area (Å²) in [5.41, 5.74) is 11.6. The Balaban J connectivity index is 1.19. The average Bonchev–Trinajstić information content (AvgIpc) is 3.85. The molecule has 4 heteroatoms. The van der Waals surface area contributed by atoms with Crippen LogP contribution in [0, 0.1) is 0 Å². The van der Waals surface area contributed by atoms with Crippen molar-refractivity contribution in [1.82, 2.24) is 9.55 Å². The van der Waals surface area contributed by atoms with Gasteiger partial charge in [-0.1, -0.05) is 133 Å². The molecule has 0 unspecified atom stereocenters. The highest BCUT2D eigenvalue weighted by atomic mass is 16.3. The Morgan fingerprint density at radius 1 is 0.455 bits per heavy atom. The van der Waals surface area contributed by atoms with E-state index in [1.165, 1.54) is 27.4 Å². The Morgan fingerprint density at radius 3 is 1.87 bits per heavy atom. The van der Waals surface area contributed by atoms with Crippen molar-refractivity contribution in [3.8, 4) is 28.3 Å². The van der Waals surface area contributed by atoms with Crippen LogP contribution in [0.5, 0.6) is 0 Å². The predicted molar refractivity (Wildman–Crippen MR) is 229 cm³/mol. The van der Waals surface area contributed by atoms with Gasteiger partial charge < -0.3 is 13.9 Å². The van der Waals surface area contributed by atoms with E-state index in [1.807, 2.05) is 30.3 Å². The van der Waals surface area contributed by atoms with Crippen LogP contribution in [0.4, 0.5) is 17.1 Å². The first-order valence-corrected chi connectivity index (χ1v) is 18.6. The summed E-state index contributed by atoms with van der Waals surface area (Å²) in [7, 11) is 0. The molecule has 11 rings (SSSR count). The lowest BCUT2D eigenvalue weighted by molar-refractivity contribution is 0.623. The van der Waals surface area contributed by atoms with Gasteiger partial charge in [-0.05, 0) is 94.0 Å². The minimum atomic E-state index is 0.622. The van der Waals surface area contributed by atoms with E-state index in [9.17, 15) is 0 Å². The maximum atomic E-state index is 6.63. The molecule has 0 atom stereocenters. The number of nitrogens with zero attached hydrogens (tertiary/aromatic N) is 3. The van der Waals surface area contributed by atoms with Gasteiger partial charge in [-0.25, -0.2) is 4.98 Å². The van der Waals surface area contributed by atoms with Crippen LogP contribution >= 0.6 is 0 Å². The first-order valence-electron chi connectivity index (χ1n) is 18.6. The molecule has 0 radical (unpaired) electrons. The van der Waals surface area contributed by atoms with E-state index in [4.69, 9.17) is 9.40 Å². The van der Waals surface area contributed by atoms with Gasteiger partial charge in [-0.2, -0.15) is 0 Å². The number of anilines is 3. The smallest absolute Gasteiger partial charge is 0.227 e. The monoisotopic (exact) mass is 703 g/mol. The van der Waals surface area contributed by atoms with E-state index in [2.05, 4.69) is 179 Å². The summed E-state index contributed by atoms with van der Waals surface area (Å²) in [5, 5.41) is 6.83. The maximum Gasteiger partial charge on any atom is 0.227 e. The molecule has 0 saturated heterocycles. The molecule has 0 saturated carbocycles. The summed E-state index contributed by atoms with van der Waals surface area (Å²) in [6.45, 7) is 0. The number of aromatic nitrogens is 2. The van der Waals surface area contributed by atoms with Crippen molar-refractivity contribution in [1.29, 1.82) is 0 Å². The number of fused-ring (bicyclic) bond motifs is 8. The van der Waals surface area contributed by atoms with Crippen LogP contribution in [-0.2, 0) is 0 Å². The van der Waals surface area contributed by atoms with Gasteiger partial charge in [-0.3, -0.25) is 0 Å². The van der Waals surface area contributed by atoms with Gasteiger partial charge >= 0.3 is 0 Å². The predicted octanol–water partition coefficient (Wildman–Crippen LogP) is 14.0. The topological polar surface area (TPSA) is 34.2 Å². The summed E-state index contributed by atoms with van der Waals surface area (Å²) in [6.07, 6.45) is 0. The molecule has 0 N–H and O–H groups in total. The molecule has 0 aliphatic heterocycles. The summed E-state index contributed by atoms with van der Waals surface area (Å²) in [5.74, 6) is 0.622. The van der Waals surface area contributed by atoms with Gasteiger partial charge in [0.1, 0.15) is 5.52 Å². The Labute approximate surface area is 317 Å². The van der Waals surface area contributed by atoms with Crippen LogP contribution in [0.2, 0.25) is 0 Å². The van der Waals surface area contributed by atoms with Gasteiger partial charge in [0.25, 0.3) is 0 Å². The van der Waals surface area contributed by atoms with E-state index in [0.29, 0.717) is 5.89 Å². The molecule has 258 valence electrons. The van der Waals surface area contributed by atoms with E-state index >= 15 is 0 Å². The molecule has 0 aliphatic carbocycles. The Morgan fingerprint density at radius 2 is 1.07 bits per heavy atom. The number of para-hydroxylation sites is 3. The zero-order chi connectivity index (χ0) is 36.3. The molecule has 0 aliphatic rings. The van der Waals surface area contributed by atoms with Crippen molar-refractivity contribution < 1.29 is 4.42 Å². The van der Waals surface area contributed by atoms with Crippen molar-refractivity contribution in [2.75, 3.05) is 4.90 Å². The first kappa shape index (κ1) is 31.1. The lowest BCUT2D eigenvalue weighted by atomic mass is 9.99. The van der Waals surface area contributed by atoms with Crippen molar-refractivity contribution in [3.63, 3.8) is 0 Å². The molecule has 0 bridgehead atoms. The van der Waals surface area contributed by atoms with Crippen molar-refractivity contribution in [2.45, 2.75) is 0 Å². The van der Waals surface area contributed by atoms with Crippen molar-refractivity contribution in [2.24, 2.45) is 0 Å². The Bertz CT molecular complexity index is 3180.